The molecule has 1 heterocycles. The Morgan fingerprint density at radius 3 is 2.37 bits per heavy atom. The summed E-state index contributed by atoms with van der Waals surface area (Å²) >= 11 is 19.0. The van der Waals surface area contributed by atoms with Crippen molar-refractivity contribution in [2.45, 2.75) is 6.54 Å². The molecular formula is C18H11Cl3FNO3S. The van der Waals surface area contributed by atoms with Gasteiger partial charge in [-0.25, -0.2) is 4.39 Å². The van der Waals surface area contributed by atoms with Gasteiger partial charge in [-0.1, -0.05) is 40.9 Å². The number of rotatable bonds is 4. The maximum atomic E-state index is 13.2. The third kappa shape index (κ3) is 4.24. The number of hydrogen-bond acceptors (Lipinski definition) is 4. The van der Waals surface area contributed by atoms with Crippen molar-refractivity contribution in [3.63, 3.8) is 0 Å². The SMILES string of the molecule is COc1c(Cl)cc(/C=C2\SC(=O)N(Cc3ccc(F)cc3Cl)C2=O)cc1Cl. The van der Waals surface area contributed by atoms with Crippen molar-refractivity contribution in [1.82, 2.24) is 4.90 Å². The molecule has 140 valence electrons. The van der Waals surface area contributed by atoms with Gasteiger partial charge in [-0.05, 0) is 53.2 Å². The number of methoxy groups -OCH3 is 1. The van der Waals surface area contributed by atoms with Gasteiger partial charge in [0.15, 0.2) is 5.75 Å². The van der Waals surface area contributed by atoms with Crippen molar-refractivity contribution in [3.8, 4) is 5.75 Å². The van der Waals surface area contributed by atoms with E-state index in [0.29, 0.717) is 16.9 Å². The molecule has 4 nitrogen and oxygen atoms in total. The van der Waals surface area contributed by atoms with Crippen LogP contribution in [0.3, 0.4) is 0 Å². The highest BCUT2D eigenvalue weighted by Crippen LogP contribution is 2.37. The first-order valence-corrected chi connectivity index (χ1v) is 9.47. The monoisotopic (exact) mass is 445 g/mol. The van der Waals surface area contributed by atoms with Crippen LogP contribution in [0.15, 0.2) is 35.2 Å². The summed E-state index contributed by atoms with van der Waals surface area (Å²) in [6, 6.07) is 6.95. The average Bonchev–Trinajstić information content (AvgIpc) is 2.84. The van der Waals surface area contributed by atoms with E-state index >= 15 is 0 Å². The summed E-state index contributed by atoms with van der Waals surface area (Å²) in [7, 11) is 1.44. The number of carbonyl (C=O) groups excluding carboxylic acids is 2. The Morgan fingerprint density at radius 1 is 1.11 bits per heavy atom. The second-order valence-electron chi connectivity index (χ2n) is 5.52. The summed E-state index contributed by atoms with van der Waals surface area (Å²) in [5.41, 5.74) is 1.02. The first kappa shape index (κ1) is 20.0. The van der Waals surface area contributed by atoms with E-state index in [1.54, 1.807) is 12.1 Å². The van der Waals surface area contributed by atoms with E-state index < -0.39 is 17.0 Å². The van der Waals surface area contributed by atoms with Crippen LogP contribution in [-0.4, -0.2) is 23.2 Å². The highest BCUT2D eigenvalue weighted by Gasteiger charge is 2.35. The summed E-state index contributed by atoms with van der Waals surface area (Å²) in [5.74, 6) is -0.644. The maximum Gasteiger partial charge on any atom is 0.293 e. The summed E-state index contributed by atoms with van der Waals surface area (Å²) in [4.78, 5) is 26.1. The second kappa shape index (κ2) is 8.10. The van der Waals surface area contributed by atoms with Gasteiger partial charge in [-0.2, -0.15) is 0 Å². The summed E-state index contributed by atoms with van der Waals surface area (Å²) in [6.45, 7) is -0.0504. The predicted molar refractivity (Wildman–Crippen MR) is 106 cm³/mol. The van der Waals surface area contributed by atoms with Crippen LogP contribution in [0.2, 0.25) is 15.1 Å². The Bertz CT molecular complexity index is 957. The van der Waals surface area contributed by atoms with E-state index in [1.165, 1.54) is 25.3 Å². The first-order chi connectivity index (χ1) is 12.8. The lowest BCUT2D eigenvalue weighted by Gasteiger charge is -2.13. The van der Waals surface area contributed by atoms with Crippen LogP contribution in [0.1, 0.15) is 11.1 Å². The van der Waals surface area contributed by atoms with Crippen LogP contribution in [0.4, 0.5) is 9.18 Å². The highest BCUT2D eigenvalue weighted by molar-refractivity contribution is 8.18. The molecule has 0 saturated carbocycles. The van der Waals surface area contributed by atoms with Gasteiger partial charge in [0, 0.05) is 5.02 Å². The van der Waals surface area contributed by atoms with E-state index in [0.717, 1.165) is 22.7 Å². The molecule has 1 saturated heterocycles. The molecule has 1 aliphatic heterocycles. The Hall–Kier alpha value is -1.73. The second-order valence-corrected chi connectivity index (χ2v) is 7.74. The Labute approximate surface area is 173 Å². The minimum absolute atomic E-state index is 0.0504. The standard InChI is InChI=1S/C18H11Cl3FNO3S/c1-26-16-13(20)4-9(5-14(16)21)6-15-17(24)23(18(25)27-15)8-10-2-3-11(22)7-12(10)19/h2-7H,8H2,1H3/b15-6-. The molecule has 2 amide bonds. The normalized spacial score (nSPS) is 15.7. The summed E-state index contributed by atoms with van der Waals surface area (Å²) in [6.07, 6.45) is 1.52. The molecule has 0 bridgehead atoms. The predicted octanol–water partition coefficient (Wildman–Crippen LogP) is 6.03. The molecule has 0 spiro atoms. The van der Waals surface area contributed by atoms with Crippen molar-refractivity contribution >= 4 is 63.8 Å². The van der Waals surface area contributed by atoms with E-state index in [2.05, 4.69) is 0 Å². The molecule has 0 N–H and O–H groups in total. The fourth-order valence-corrected chi connectivity index (χ4v) is 4.19. The lowest BCUT2D eigenvalue weighted by molar-refractivity contribution is -0.123. The van der Waals surface area contributed by atoms with E-state index in [-0.39, 0.29) is 26.5 Å². The Balaban J connectivity index is 1.86. The molecule has 27 heavy (non-hydrogen) atoms. The van der Waals surface area contributed by atoms with E-state index in [1.807, 2.05) is 0 Å². The lowest BCUT2D eigenvalue weighted by atomic mass is 10.2. The van der Waals surface area contributed by atoms with Crippen LogP contribution in [0, 0.1) is 5.82 Å². The van der Waals surface area contributed by atoms with Gasteiger partial charge >= 0.3 is 0 Å². The van der Waals surface area contributed by atoms with Crippen LogP contribution in [0.25, 0.3) is 6.08 Å². The molecule has 3 rings (SSSR count). The summed E-state index contributed by atoms with van der Waals surface area (Å²) < 4.78 is 18.2. The summed E-state index contributed by atoms with van der Waals surface area (Å²) in [5, 5.41) is 0.270. The van der Waals surface area contributed by atoms with Gasteiger partial charge in [0.2, 0.25) is 0 Å². The first-order valence-electron chi connectivity index (χ1n) is 7.52. The van der Waals surface area contributed by atoms with Crippen molar-refractivity contribution in [2.24, 2.45) is 0 Å². The Morgan fingerprint density at radius 2 is 1.78 bits per heavy atom. The van der Waals surface area contributed by atoms with Crippen molar-refractivity contribution in [2.75, 3.05) is 7.11 Å². The topological polar surface area (TPSA) is 46.6 Å². The average molecular weight is 447 g/mol. The number of imide groups is 1. The molecule has 1 fully saturated rings. The van der Waals surface area contributed by atoms with Crippen LogP contribution >= 0.6 is 46.6 Å². The molecule has 0 aromatic heterocycles. The molecule has 0 radical (unpaired) electrons. The van der Waals surface area contributed by atoms with Gasteiger partial charge in [0.05, 0.1) is 28.6 Å². The van der Waals surface area contributed by atoms with Crippen molar-refractivity contribution in [1.29, 1.82) is 0 Å². The molecular weight excluding hydrogens is 436 g/mol. The minimum Gasteiger partial charge on any atom is -0.494 e. The van der Waals surface area contributed by atoms with Crippen LogP contribution in [0.5, 0.6) is 5.75 Å². The number of halogens is 4. The zero-order valence-corrected chi connectivity index (χ0v) is 16.8. The number of ether oxygens (including phenoxy) is 1. The third-order valence-electron chi connectivity index (χ3n) is 3.74. The molecule has 9 heteroatoms. The number of carbonyl (C=O) groups is 2. The zero-order valence-electron chi connectivity index (χ0n) is 13.8. The molecule has 0 unspecified atom stereocenters. The number of thioether (sulfide) groups is 1. The minimum atomic E-state index is -0.494. The van der Waals surface area contributed by atoms with Crippen molar-refractivity contribution in [3.05, 3.63) is 67.2 Å². The van der Waals surface area contributed by atoms with Crippen molar-refractivity contribution < 1.29 is 18.7 Å². The van der Waals surface area contributed by atoms with Gasteiger partial charge in [-0.3, -0.25) is 14.5 Å². The lowest BCUT2D eigenvalue weighted by Crippen LogP contribution is -2.27. The van der Waals surface area contributed by atoms with E-state index in [9.17, 15) is 14.0 Å². The third-order valence-corrected chi connectivity index (χ3v) is 5.56. The number of nitrogens with zero attached hydrogens (tertiary/aromatic N) is 1. The smallest absolute Gasteiger partial charge is 0.293 e. The highest BCUT2D eigenvalue weighted by atomic mass is 35.5. The van der Waals surface area contributed by atoms with Gasteiger partial charge in [0.1, 0.15) is 5.82 Å². The molecule has 0 aliphatic carbocycles. The Kier molecular flexibility index (Phi) is 6.01. The largest absolute Gasteiger partial charge is 0.494 e. The zero-order chi connectivity index (χ0) is 19.7. The van der Waals surface area contributed by atoms with Gasteiger partial charge in [-0.15, -0.1) is 0 Å². The van der Waals surface area contributed by atoms with E-state index in [4.69, 9.17) is 39.5 Å². The maximum absolute atomic E-state index is 13.2. The molecule has 0 atom stereocenters. The number of benzene rings is 2. The quantitative estimate of drug-likeness (QED) is 0.538. The molecule has 2 aromatic rings. The fraction of sp³-hybridized carbons (Fsp3) is 0.111. The number of hydrogen-bond donors (Lipinski definition) is 0. The van der Waals surface area contributed by atoms with Gasteiger partial charge < -0.3 is 4.74 Å². The van der Waals surface area contributed by atoms with Crippen LogP contribution < -0.4 is 4.74 Å². The van der Waals surface area contributed by atoms with Gasteiger partial charge in [0.25, 0.3) is 11.1 Å². The number of amides is 2. The van der Waals surface area contributed by atoms with Crippen LogP contribution in [-0.2, 0) is 11.3 Å². The molecule has 1 aliphatic rings. The molecule has 2 aromatic carbocycles. The fourth-order valence-electron chi connectivity index (χ4n) is 2.47.